The van der Waals surface area contributed by atoms with E-state index in [1.807, 2.05) is 48.5 Å². The molecule has 0 aliphatic rings. The van der Waals surface area contributed by atoms with Gasteiger partial charge in [-0.25, -0.2) is 4.68 Å². The fourth-order valence-electron chi connectivity index (χ4n) is 3.11. The minimum Gasteiger partial charge on any atom is -0.489 e. The number of carbonyl (C=O) groups is 1. The number of halogens is 1. The standard InChI is InChI=1S/C26H24ClN3O3/c1-2-19-5-11-25(12-6-19)33-18-30-16-23(15-28-30)29-26(31)21-7-3-20(4-8-21)17-32-24-13-9-22(27)10-14-24/h3-16H,2,17-18H2,1H3,(H,29,31). The van der Waals surface area contributed by atoms with Gasteiger partial charge in [0.2, 0.25) is 0 Å². The van der Waals surface area contributed by atoms with E-state index >= 15 is 0 Å². The average Bonchev–Trinajstić information content (AvgIpc) is 3.30. The summed E-state index contributed by atoms with van der Waals surface area (Å²) in [4.78, 5) is 12.6. The van der Waals surface area contributed by atoms with Crippen molar-refractivity contribution in [2.45, 2.75) is 26.7 Å². The number of hydrogen-bond donors (Lipinski definition) is 1. The number of hydrogen-bond acceptors (Lipinski definition) is 4. The molecule has 1 amide bonds. The van der Waals surface area contributed by atoms with E-state index in [9.17, 15) is 4.79 Å². The number of nitrogens with zero attached hydrogens (tertiary/aromatic N) is 2. The second kappa shape index (κ2) is 10.7. The maximum atomic E-state index is 12.6. The summed E-state index contributed by atoms with van der Waals surface area (Å²) in [5, 5.41) is 7.75. The zero-order valence-corrected chi connectivity index (χ0v) is 19.0. The average molecular weight is 462 g/mol. The highest BCUT2D eigenvalue weighted by Gasteiger charge is 2.08. The molecule has 3 aromatic carbocycles. The first-order chi connectivity index (χ1) is 16.1. The molecule has 0 saturated carbocycles. The van der Waals surface area contributed by atoms with Crippen molar-refractivity contribution >= 4 is 23.2 Å². The van der Waals surface area contributed by atoms with E-state index in [0.29, 0.717) is 22.9 Å². The number of anilines is 1. The van der Waals surface area contributed by atoms with Gasteiger partial charge in [0.25, 0.3) is 5.91 Å². The van der Waals surface area contributed by atoms with E-state index < -0.39 is 0 Å². The van der Waals surface area contributed by atoms with Gasteiger partial charge in [0, 0.05) is 10.6 Å². The molecule has 0 aliphatic heterocycles. The van der Waals surface area contributed by atoms with Gasteiger partial charge in [-0.2, -0.15) is 5.10 Å². The second-order valence-corrected chi connectivity index (χ2v) is 7.87. The Balaban J connectivity index is 1.27. The van der Waals surface area contributed by atoms with Crippen LogP contribution in [0.1, 0.15) is 28.4 Å². The lowest BCUT2D eigenvalue weighted by Gasteiger charge is -2.08. The molecule has 0 aliphatic carbocycles. The monoisotopic (exact) mass is 461 g/mol. The number of rotatable bonds is 9. The highest BCUT2D eigenvalue weighted by Crippen LogP contribution is 2.18. The molecule has 33 heavy (non-hydrogen) atoms. The van der Waals surface area contributed by atoms with Crippen LogP contribution in [0.4, 0.5) is 5.69 Å². The van der Waals surface area contributed by atoms with Crippen LogP contribution in [0.2, 0.25) is 5.02 Å². The number of carbonyl (C=O) groups excluding carboxylic acids is 1. The third kappa shape index (κ3) is 6.37. The van der Waals surface area contributed by atoms with Crippen molar-refractivity contribution in [3.8, 4) is 11.5 Å². The fraction of sp³-hybridized carbons (Fsp3) is 0.154. The summed E-state index contributed by atoms with van der Waals surface area (Å²) in [6, 6.07) is 22.4. The quantitative estimate of drug-likeness (QED) is 0.333. The third-order valence-corrected chi connectivity index (χ3v) is 5.27. The summed E-state index contributed by atoms with van der Waals surface area (Å²) < 4.78 is 13.1. The molecule has 168 valence electrons. The van der Waals surface area contributed by atoms with Crippen molar-refractivity contribution in [1.29, 1.82) is 0 Å². The molecule has 1 N–H and O–H groups in total. The van der Waals surface area contributed by atoms with Crippen LogP contribution in [-0.2, 0) is 19.8 Å². The van der Waals surface area contributed by atoms with Crippen LogP contribution in [0.5, 0.6) is 11.5 Å². The maximum Gasteiger partial charge on any atom is 0.255 e. The zero-order chi connectivity index (χ0) is 23.0. The largest absolute Gasteiger partial charge is 0.489 e. The predicted octanol–water partition coefficient (Wildman–Crippen LogP) is 5.97. The Labute approximate surface area is 197 Å². The van der Waals surface area contributed by atoms with Crippen LogP contribution in [0.15, 0.2) is 85.2 Å². The van der Waals surface area contributed by atoms with Gasteiger partial charge in [-0.3, -0.25) is 4.79 Å². The number of aryl methyl sites for hydroxylation is 1. The third-order valence-electron chi connectivity index (χ3n) is 5.02. The number of ether oxygens (including phenoxy) is 2. The lowest BCUT2D eigenvalue weighted by atomic mass is 10.1. The molecule has 1 aromatic heterocycles. The first-order valence-electron chi connectivity index (χ1n) is 10.6. The summed E-state index contributed by atoms with van der Waals surface area (Å²) in [5.41, 5.74) is 3.36. The Bertz CT molecular complexity index is 1190. The molecule has 4 rings (SSSR count). The van der Waals surface area contributed by atoms with Crippen LogP contribution >= 0.6 is 11.6 Å². The number of amides is 1. The van der Waals surface area contributed by atoms with E-state index in [2.05, 4.69) is 17.3 Å². The lowest BCUT2D eigenvalue weighted by molar-refractivity contribution is 0.102. The van der Waals surface area contributed by atoms with Gasteiger partial charge in [0.15, 0.2) is 6.73 Å². The molecule has 0 unspecified atom stereocenters. The molecule has 0 atom stereocenters. The zero-order valence-electron chi connectivity index (χ0n) is 18.2. The molecular formula is C26H24ClN3O3. The normalized spacial score (nSPS) is 10.6. The predicted molar refractivity (Wildman–Crippen MR) is 129 cm³/mol. The Morgan fingerprint density at radius 1 is 0.909 bits per heavy atom. The molecule has 0 saturated heterocycles. The fourth-order valence-corrected chi connectivity index (χ4v) is 3.24. The van der Waals surface area contributed by atoms with Crippen LogP contribution in [0.3, 0.4) is 0 Å². The van der Waals surface area contributed by atoms with Crippen molar-refractivity contribution < 1.29 is 14.3 Å². The van der Waals surface area contributed by atoms with Crippen LogP contribution < -0.4 is 14.8 Å². The Morgan fingerprint density at radius 3 is 2.24 bits per heavy atom. The SMILES string of the molecule is CCc1ccc(OCn2cc(NC(=O)c3ccc(COc4ccc(Cl)cc4)cc3)cn2)cc1. The molecular weight excluding hydrogens is 438 g/mol. The van der Waals surface area contributed by atoms with Crippen molar-refractivity contribution in [2.24, 2.45) is 0 Å². The highest BCUT2D eigenvalue weighted by atomic mass is 35.5. The summed E-state index contributed by atoms with van der Waals surface area (Å²) in [5.74, 6) is 1.30. The van der Waals surface area contributed by atoms with Gasteiger partial charge < -0.3 is 14.8 Å². The molecule has 6 nitrogen and oxygen atoms in total. The van der Waals surface area contributed by atoms with Crippen molar-refractivity contribution in [2.75, 3.05) is 5.32 Å². The Kier molecular flexibility index (Phi) is 7.27. The lowest BCUT2D eigenvalue weighted by Crippen LogP contribution is -2.11. The number of nitrogens with one attached hydrogen (secondary N) is 1. The van der Waals surface area contributed by atoms with Gasteiger partial charge in [-0.1, -0.05) is 42.8 Å². The maximum absolute atomic E-state index is 12.6. The van der Waals surface area contributed by atoms with E-state index in [1.54, 1.807) is 41.3 Å². The van der Waals surface area contributed by atoms with Crippen LogP contribution in [0.25, 0.3) is 0 Å². The summed E-state index contributed by atoms with van der Waals surface area (Å²) in [6.45, 7) is 2.77. The first-order valence-corrected chi connectivity index (χ1v) is 11.0. The van der Waals surface area contributed by atoms with E-state index in [1.165, 1.54) is 5.56 Å². The Morgan fingerprint density at radius 2 is 1.55 bits per heavy atom. The summed E-state index contributed by atoms with van der Waals surface area (Å²) in [6.07, 6.45) is 4.31. The van der Waals surface area contributed by atoms with Gasteiger partial charge in [0.05, 0.1) is 18.1 Å². The van der Waals surface area contributed by atoms with Gasteiger partial charge in [-0.05, 0) is 66.1 Å². The molecule has 0 fully saturated rings. The van der Waals surface area contributed by atoms with Gasteiger partial charge >= 0.3 is 0 Å². The van der Waals surface area contributed by atoms with Crippen molar-refractivity contribution in [1.82, 2.24) is 9.78 Å². The highest BCUT2D eigenvalue weighted by molar-refractivity contribution is 6.30. The van der Waals surface area contributed by atoms with Gasteiger partial charge in [-0.15, -0.1) is 0 Å². The second-order valence-electron chi connectivity index (χ2n) is 7.43. The minimum absolute atomic E-state index is 0.212. The van der Waals surface area contributed by atoms with Crippen LogP contribution in [-0.4, -0.2) is 15.7 Å². The summed E-state index contributed by atoms with van der Waals surface area (Å²) >= 11 is 5.88. The van der Waals surface area contributed by atoms with E-state index in [-0.39, 0.29) is 12.6 Å². The molecule has 0 spiro atoms. The first kappa shape index (κ1) is 22.4. The van der Waals surface area contributed by atoms with Crippen molar-refractivity contribution in [3.05, 3.63) is 107 Å². The van der Waals surface area contributed by atoms with Crippen molar-refractivity contribution in [3.63, 3.8) is 0 Å². The smallest absolute Gasteiger partial charge is 0.255 e. The Hall–Kier alpha value is -3.77. The van der Waals surface area contributed by atoms with Crippen LogP contribution in [0, 0.1) is 0 Å². The number of benzene rings is 3. The molecule has 1 heterocycles. The molecule has 4 aromatic rings. The van der Waals surface area contributed by atoms with Gasteiger partial charge in [0.1, 0.15) is 18.1 Å². The molecule has 0 radical (unpaired) electrons. The summed E-state index contributed by atoms with van der Waals surface area (Å²) in [7, 11) is 0. The topological polar surface area (TPSA) is 65.4 Å². The van der Waals surface area contributed by atoms with E-state index in [4.69, 9.17) is 21.1 Å². The minimum atomic E-state index is -0.212. The van der Waals surface area contributed by atoms with E-state index in [0.717, 1.165) is 23.5 Å². The molecule has 0 bridgehead atoms. The molecule has 7 heteroatoms. The number of aromatic nitrogens is 2.